The Bertz CT molecular complexity index is 1320. The third-order valence-electron chi connectivity index (χ3n) is 5.05. The number of carbonyl (C=O) groups excluding carboxylic acids is 1. The molecule has 2 aromatic carbocycles. The molecule has 0 aromatic heterocycles. The molecule has 0 aliphatic rings. The molecule has 1 N–H and O–H groups in total. The number of rotatable bonds is 9. The standard InChI is InChI=1S/C24H20Cl3F6NO3S/c1-3-8-38(36,37)12-13(2)34-22(35)16-6-4-14(9-18(16)24(31,32)33)5-7-17(23(28,29)30)15-10-19(25)21(27)20(26)11-15/h3-7,9-11,13,17H,1,8,12H2,2H3,(H,34,35)/b7-5+/t13-,17?/m1/s1. The molecule has 0 bridgehead atoms. The Morgan fingerprint density at radius 3 is 2.13 bits per heavy atom. The molecule has 1 amide bonds. The Morgan fingerprint density at radius 2 is 1.63 bits per heavy atom. The van der Waals surface area contributed by atoms with E-state index in [9.17, 15) is 39.6 Å². The molecule has 14 heteroatoms. The Labute approximate surface area is 230 Å². The highest BCUT2D eigenvalue weighted by atomic mass is 35.5. The zero-order valence-electron chi connectivity index (χ0n) is 19.4. The minimum atomic E-state index is -5.05. The predicted molar refractivity (Wildman–Crippen MR) is 137 cm³/mol. The highest BCUT2D eigenvalue weighted by Crippen LogP contribution is 2.41. The molecule has 4 nitrogen and oxygen atoms in total. The largest absolute Gasteiger partial charge is 0.417 e. The van der Waals surface area contributed by atoms with Gasteiger partial charge in [-0.3, -0.25) is 4.79 Å². The van der Waals surface area contributed by atoms with Crippen LogP contribution in [0.4, 0.5) is 26.3 Å². The van der Waals surface area contributed by atoms with E-state index in [2.05, 4.69) is 11.9 Å². The third kappa shape index (κ3) is 8.65. The maximum atomic E-state index is 13.7. The molecule has 2 aromatic rings. The van der Waals surface area contributed by atoms with Gasteiger partial charge in [0.2, 0.25) is 0 Å². The molecule has 0 fully saturated rings. The number of carbonyl (C=O) groups is 1. The summed E-state index contributed by atoms with van der Waals surface area (Å²) in [7, 11) is -3.64. The summed E-state index contributed by atoms with van der Waals surface area (Å²) >= 11 is 17.4. The molecular weight excluding hydrogens is 603 g/mol. The molecule has 0 saturated carbocycles. The molecule has 208 valence electrons. The Morgan fingerprint density at radius 1 is 1.05 bits per heavy atom. The zero-order chi connectivity index (χ0) is 29.1. The van der Waals surface area contributed by atoms with E-state index in [1.165, 1.54) is 6.92 Å². The van der Waals surface area contributed by atoms with Gasteiger partial charge in [0.25, 0.3) is 5.91 Å². The van der Waals surface area contributed by atoms with Crippen molar-refractivity contribution in [1.29, 1.82) is 0 Å². The summed E-state index contributed by atoms with van der Waals surface area (Å²) in [5, 5.41) is 1.56. The number of nitrogens with one attached hydrogen (secondary N) is 1. The van der Waals surface area contributed by atoms with Crippen LogP contribution in [0.5, 0.6) is 0 Å². The lowest BCUT2D eigenvalue weighted by Crippen LogP contribution is -2.38. The van der Waals surface area contributed by atoms with E-state index >= 15 is 0 Å². The zero-order valence-corrected chi connectivity index (χ0v) is 22.5. The second kappa shape index (κ2) is 12.3. The number of allylic oxidation sites excluding steroid dienone is 1. The minimum absolute atomic E-state index is 0.154. The maximum absolute atomic E-state index is 13.7. The Kier molecular flexibility index (Phi) is 10.4. The van der Waals surface area contributed by atoms with Gasteiger partial charge in [0, 0.05) is 6.04 Å². The first-order chi connectivity index (χ1) is 17.4. The first kappa shape index (κ1) is 32.0. The molecule has 0 radical (unpaired) electrons. The quantitative estimate of drug-likeness (QED) is 0.177. The SMILES string of the molecule is C=CCS(=O)(=O)C[C@@H](C)NC(=O)c1ccc(/C=C/C(c2cc(Cl)c(Cl)c(Cl)c2)C(F)(F)F)cc1C(F)(F)F. The van der Waals surface area contributed by atoms with E-state index in [-0.39, 0.29) is 31.9 Å². The van der Waals surface area contributed by atoms with E-state index in [0.29, 0.717) is 12.1 Å². The van der Waals surface area contributed by atoms with E-state index in [1.807, 2.05) is 0 Å². The van der Waals surface area contributed by atoms with Crippen LogP contribution >= 0.6 is 34.8 Å². The molecule has 0 aliphatic carbocycles. The molecule has 0 heterocycles. The van der Waals surface area contributed by atoms with Crippen LogP contribution in [0.1, 0.15) is 39.9 Å². The van der Waals surface area contributed by atoms with Crippen molar-refractivity contribution in [3.8, 4) is 0 Å². The van der Waals surface area contributed by atoms with Gasteiger partial charge in [0.15, 0.2) is 9.84 Å². The molecule has 2 rings (SSSR count). The van der Waals surface area contributed by atoms with Crippen molar-refractivity contribution >= 4 is 56.6 Å². The molecule has 38 heavy (non-hydrogen) atoms. The third-order valence-corrected chi connectivity index (χ3v) is 7.99. The maximum Gasteiger partial charge on any atom is 0.417 e. The van der Waals surface area contributed by atoms with E-state index < -0.39 is 56.9 Å². The summed E-state index contributed by atoms with van der Waals surface area (Å²) in [6.45, 7) is 4.60. The van der Waals surface area contributed by atoms with Crippen molar-refractivity contribution in [2.45, 2.75) is 31.2 Å². The van der Waals surface area contributed by atoms with Crippen LogP contribution in [-0.2, 0) is 16.0 Å². The number of hydrogen-bond donors (Lipinski definition) is 1. The van der Waals surface area contributed by atoms with Gasteiger partial charge in [-0.1, -0.05) is 59.1 Å². The predicted octanol–water partition coefficient (Wildman–Crippen LogP) is 7.74. The monoisotopic (exact) mass is 621 g/mol. The summed E-state index contributed by atoms with van der Waals surface area (Å²) in [6, 6.07) is 3.20. The van der Waals surface area contributed by atoms with Crippen LogP contribution in [0.2, 0.25) is 15.1 Å². The van der Waals surface area contributed by atoms with Crippen LogP contribution in [0.3, 0.4) is 0 Å². The topological polar surface area (TPSA) is 63.2 Å². The molecular formula is C24H20Cl3F6NO3S. The van der Waals surface area contributed by atoms with Crippen molar-refractivity contribution < 1.29 is 39.6 Å². The van der Waals surface area contributed by atoms with Gasteiger partial charge >= 0.3 is 12.4 Å². The van der Waals surface area contributed by atoms with E-state index in [4.69, 9.17) is 34.8 Å². The van der Waals surface area contributed by atoms with Gasteiger partial charge in [0.05, 0.1) is 43.6 Å². The van der Waals surface area contributed by atoms with Crippen LogP contribution in [0.15, 0.2) is 49.1 Å². The highest BCUT2D eigenvalue weighted by Gasteiger charge is 2.40. The van der Waals surface area contributed by atoms with Gasteiger partial charge in [-0.25, -0.2) is 8.42 Å². The summed E-state index contributed by atoms with van der Waals surface area (Å²) < 4.78 is 106. The number of alkyl halides is 6. The Balaban J connectivity index is 2.42. The highest BCUT2D eigenvalue weighted by molar-refractivity contribution is 7.91. The fourth-order valence-electron chi connectivity index (χ4n) is 3.44. The van der Waals surface area contributed by atoms with Crippen LogP contribution in [0.25, 0.3) is 6.08 Å². The average Bonchev–Trinajstić information content (AvgIpc) is 2.75. The van der Waals surface area contributed by atoms with E-state index in [0.717, 1.165) is 36.4 Å². The summed E-state index contributed by atoms with van der Waals surface area (Å²) in [6.07, 6.45) is -7.33. The number of hydrogen-bond acceptors (Lipinski definition) is 3. The van der Waals surface area contributed by atoms with Crippen molar-refractivity contribution in [3.05, 3.63) is 86.4 Å². The molecule has 0 spiro atoms. The van der Waals surface area contributed by atoms with Crippen molar-refractivity contribution in [1.82, 2.24) is 5.32 Å². The summed E-state index contributed by atoms with van der Waals surface area (Å²) in [5.74, 6) is -4.40. The van der Waals surface area contributed by atoms with Crippen molar-refractivity contribution in [3.63, 3.8) is 0 Å². The van der Waals surface area contributed by atoms with Crippen molar-refractivity contribution in [2.75, 3.05) is 11.5 Å². The van der Waals surface area contributed by atoms with E-state index in [1.54, 1.807) is 0 Å². The average molecular weight is 623 g/mol. The summed E-state index contributed by atoms with van der Waals surface area (Å²) in [5.41, 5.74) is -2.91. The number of amides is 1. The van der Waals surface area contributed by atoms with Crippen LogP contribution in [0, 0.1) is 0 Å². The minimum Gasteiger partial charge on any atom is -0.349 e. The first-order valence-electron chi connectivity index (χ1n) is 10.6. The molecule has 2 atom stereocenters. The summed E-state index contributed by atoms with van der Waals surface area (Å²) in [4.78, 5) is 12.5. The molecule has 1 unspecified atom stereocenters. The fraction of sp³-hybridized carbons (Fsp3) is 0.292. The Hall–Kier alpha value is -2.21. The number of benzene rings is 2. The fourth-order valence-corrected chi connectivity index (χ4v) is 5.39. The first-order valence-corrected chi connectivity index (χ1v) is 13.5. The number of halogens is 9. The lowest BCUT2D eigenvalue weighted by molar-refractivity contribution is -0.139. The second-order valence-corrected chi connectivity index (χ2v) is 11.6. The van der Waals surface area contributed by atoms with Crippen LogP contribution in [-0.4, -0.2) is 38.0 Å². The normalized spacial score (nSPS) is 14.4. The molecule has 0 saturated heterocycles. The number of sulfone groups is 1. The smallest absolute Gasteiger partial charge is 0.349 e. The lowest BCUT2D eigenvalue weighted by atomic mass is 9.96. The van der Waals surface area contributed by atoms with Gasteiger partial charge in [-0.15, -0.1) is 6.58 Å². The van der Waals surface area contributed by atoms with Gasteiger partial charge in [-0.2, -0.15) is 26.3 Å². The van der Waals surface area contributed by atoms with Gasteiger partial charge in [0.1, 0.15) is 0 Å². The second-order valence-electron chi connectivity index (χ2n) is 8.22. The van der Waals surface area contributed by atoms with Crippen molar-refractivity contribution in [2.24, 2.45) is 0 Å². The molecule has 0 aliphatic heterocycles. The van der Waals surface area contributed by atoms with Crippen LogP contribution < -0.4 is 5.32 Å². The lowest BCUT2D eigenvalue weighted by Gasteiger charge is -2.19. The van der Waals surface area contributed by atoms with Gasteiger partial charge < -0.3 is 5.32 Å². The van der Waals surface area contributed by atoms with Gasteiger partial charge in [-0.05, 0) is 42.3 Å².